The molecular formula is C14H10ClN3O3. The summed E-state index contributed by atoms with van der Waals surface area (Å²) in [5.41, 5.74) is 1.01. The summed E-state index contributed by atoms with van der Waals surface area (Å²) in [6.45, 7) is 0.235. The molecule has 21 heavy (non-hydrogen) atoms. The van der Waals surface area contributed by atoms with Gasteiger partial charge in [-0.2, -0.15) is 5.26 Å². The Balaban J connectivity index is 2.22. The molecule has 0 radical (unpaired) electrons. The van der Waals surface area contributed by atoms with Gasteiger partial charge in [0.25, 0.3) is 5.69 Å². The molecule has 7 heteroatoms. The van der Waals surface area contributed by atoms with Crippen LogP contribution in [0, 0.1) is 21.4 Å². The first kappa shape index (κ1) is 14.6. The molecule has 2 aromatic rings. The Morgan fingerprint density at radius 3 is 2.76 bits per heavy atom. The summed E-state index contributed by atoms with van der Waals surface area (Å²) in [6, 6.07) is 10.5. The lowest BCUT2D eigenvalue weighted by Crippen LogP contribution is -2.02. The summed E-state index contributed by atoms with van der Waals surface area (Å²) in [5.74, 6) is 0.0762. The third-order valence-corrected chi connectivity index (χ3v) is 3.08. The van der Waals surface area contributed by atoms with E-state index in [0.29, 0.717) is 16.3 Å². The van der Waals surface area contributed by atoms with Gasteiger partial charge < -0.3 is 10.4 Å². The average Bonchev–Trinajstić information content (AvgIpc) is 2.47. The molecule has 0 aromatic heterocycles. The zero-order valence-corrected chi connectivity index (χ0v) is 11.5. The van der Waals surface area contributed by atoms with Crippen molar-refractivity contribution in [1.29, 1.82) is 5.26 Å². The molecular weight excluding hydrogens is 294 g/mol. The van der Waals surface area contributed by atoms with Gasteiger partial charge in [-0.25, -0.2) is 0 Å². The molecule has 0 amide bonds. The normalized spacial score (nSPS) is 9.90. The van der Waals surface area contributed by atoms with Gasteiger partial charge in [0, 0.05) is 29.3 Å². The van der Waals surface area contributed by atoms with E-state index in [2.05, 4.69) is 5.32 Å². The summed E-state index contributed by atoms with van der Waals surface area (Å²) < 4.78 is 0. The first-order valence-electron chi connectivity index (χ1n) is 5.91. The molecule has 6 nitrogen and oxygen atoms in total. The minimum atomic E-state index is -0.562. The highest BCUT2D eigenvalue weighted by atomic mass is 35.5. The number of phenols is 1. The van der Waals surface area contributed by atoms with E-state index in [9.17, 15) is 15.2 Å². The number of nitro benzene ring substituents is 1. The molecule has 2 rings (SSSR count). The fourth-order valence-electron chi connectivity index (χ4n) is 1.78. The molecule has 2 aromatic carbocycles. The lowest BCUT2D eigenvalue weighted by molar-refractivity contribution is -0.384. The van der Waals surface area contributed by atoms with Crippen molar-refractivity contribution >= 4 is 23.0 Å². The van der Waals surface area contributed by atoms with Gasteiger partial charge in [-0.3, -0.25) is 10.1 Å². The lowest BCUT2D eigenvalue weighted by atomic mass is 10.1. The Morgan fingerprint density at radius 2 is 2.10 bits per heavy atom. The van der Waals surface area contributed by atoms with E-state index in [0.717, 1.165) is 0 Å². The van der Waals surface area contributed by atoms with E-state index >= 15 is 0 Å². The van der Waals surface area contributed by atoms with Crippen LogP contribution in [0.15, 0.2) is 36.4 Å². The van der Waals surface area contributed by atoms with Crippen LogP contribution in [0.25, 0.3) is 0 Å². The SMILES string of the molecule is N#Cc1cc([N+](=O)[O-])ccc1NCc1cc(Cl)ccc1O. The molecule has 0 heterocycles. The molecule has 0 aliphatic rings. The summed E-state index contributed by atoms with van der Waals surface area (Å²) in [6.07, 6.45) is 0. The molecule has 0 saturated carbocycles. The number of rotatable bonds is 4. The van der Waals surface area contributed by atoms with Gasteiger partial charge in [0.2, 0.25) is 0 Å². The van der Waals surface area contributed by atoms with Crippen LogP contribution < -0.4 is 5.32 Å². The summed E-state index contributed by atoms with van der Waals surface area (Å²) >= 11 is 5.85. The van der Waals surface area contributed by atoms with Crippen LogP contribution in [0.3, 0.4) is 0 Å². The molecule has 106 valence electrons. The molecule has 0 unspecified atom stereocenters. The number of non-ortho nitro benzene ring substituents is 1. The number of nitrogens with zero attached hydrogens (tertiary/aromatic N) is 2. The van der Waals surface area contributed by atoms with E-state index in [1.54, 1.807) is 12.1 Å². The summed E-state index contributed by atoms with van der Waals surface area (Å²) in [7, 11) is 0. The number of halogens is 1. The number of nitrogens with one attached hydrogen (secondary N) is 1. The first-order valence-corrected chi connectivity index (χ1v) is 6.29. The number of hydrogen-bond donors (Lipinski definition) is 2. The van der Waals surface area contributed by atoms with Crippen LogP contribution in [0.2, 0.25) is 5.02 Å². The highest BCUT2D eigenvalue weighted by Crippen LogP contribution is 2.25. The standard InChI is InChI=1S/C14H10ClN3O3/c15-11-1-4-14(19)10(5-11)8-17-13-3-2-12(18(20)21)6-9(13)7-16/h1-6,17,19H,8H2. The first-order chi connectivity index (χ1) is 10.0. The van der Waals surface area contributed by atoms with E-state index < -0.39 is 4.92 Å². The van der Waals surface area contributed by atoms with Crippen molar-refractivity contribution < 1.29 is 10.0 Å². The van der Waals surface area contributed by atoms with Gasteiger partial charge in [0.1, 0.15) is 11.8 Å². The van der Waals surface area contributed by atoms with Crippen molar-refractivity contribution in [2.75, 3.05) is 5.32 Å². The quantitative estimate of drug-likeness (QED) is 0.666. The van der Waals surface area contributed by atoms with Crippen LogP contribution in [-0.4, -0.2) is 10.0 Å². The van der Waals surface area contributed by atoms with Crippen molar-refractivity contribution in [3.8, 4) is 11.8 Å². The van der Waals surface area contributed by atoms with E-state index in [-0.39, 0.29) is 23.5 Å². The number of phenolic OH excluding ortho intramolecular Hbond substituents is 1. The fourth-order valence-corrected chi connectivity index (χ4v) is 1.97. The molecule has 0 fully saturated rings. The van der Waals surface area contributed by atoms with Gasteiger partial charge >= 0.3 is 0 Å². The Bertz CT molecular complexity index is 741. The number of aromatic hydroxyl groups is 1. The maximum atomic E-state index is 10.7. The molecule has 0 atom stereocenters. The molecule has 0 aliphatic heterocycles. The Morgan fingerprint density at radius 1 is 1.33 bits per heavy atom. The number of nitro groups is 1. The van der Waals surface area contributed by atoms with Gasteiger partial charge in [-0.15, -0.1) is 0 Å². The van der Waals surface area contributed by atoms with E-state index in [1.165, 1.54) is 24.3 Å². The Kier molecular flexibility index (Phi) is 4.26. The topological polar surface area (TPSA) is 99.2 Å². The van der Waals surface area contributed by atoms with Crippen molar-refractivity contribution in [2.45, 2.75) is 6.54 Å². The van der Waals surface area contributed by atoms with Crippen molar-refractivity contribution in [1.82, 2.24) is 0 Å². The predicted octanol–water partition coefficient (Wildman–Crippen LogP) is 3.44. The molecule has 0 aliphatic carbocycles. The minimum Gasteiger partial charge on any atom is -0.508 e. The van der Waals surface area contributed by atoms with Crippen LogP contribution in [-0.2, 0) is 6.54 Å². The third-order valence-electron chi connectivity index (χ3n) is 2.85. The lowest BCUT2D eigenvalue weighted by Gasteiger charge is -2.10. The molecule has 0 bridgehead atoms. The number of hydrogen-bond acceptors (Lipinski definition) is 5. The third kappa shape index (κ3) is 3.41. The maximum Gasteiger partial charge on any atom is 0.270 e. The zero-order valence-electron chi connectivity index (χ0n) is 10.7. The van der Waals surface area contributed by atoms with Gasteiger partial charge in [0.15, 0.2) is 0 Å². The highest BCUT2D eigenvalue weighted by Gasteiger charge is 2.11. The number of nitriles is 1. The fraction of sp³-hybridized carbons (Fsp3) is 0.0714. The summed E-state index contributed by atoms with van der Waals surface area (Å²) in [4.78, 5) is 10.1. The molecule has 0 saturated heterocycles. The van der Waals surface area contributed by atoms with Crippen molar-refractivity contribution in [3.63, 3.8) is 0 Å². The van der Waals surface area contributed by atoms with Crippen molar-refractivity contribution in [2.24, 2.45) is 0 Å². The van der Waals surface area contributed by atoms with Crippen LogP contribution >= 0.6 is 11.6 Å². The Labute approximate surface area is 125 Å². The Hall–Kier alpha value is -2.78. The van der Waals surface area contributed by atoms with Crippen LogP contribution in [0.1, 0.15) is 11.1 Å². The second-order valence-electron chi connectivity index (χ2n) is 4.23. The predicted molar refractivity (Wildman–Crippen MR) is 78.3 cm³/mol. The van der Waals surface area contributed by atoms with Gasteiger partial charge in [-0.05, 0) is 24.3 Å². The molecule has 2 N–H and O–H groups in total. The minimum absolute atomic E-state index is 0.0762. The molecule has 0 spiro atoms. The zero-order chi connectivity index (χ0) is 15.4. The van der Waals surface area contributed by atoms with Crippen LogP contribution in [0.4, 0.5) is 11.4 Å². The number of anilines is 1. The second kappa shape index (κ2) is 6.11. The maximum absolute atomic E-state index is 10.7. The van der Waals surface area contributed by atoms with Gasteiger partial charge in [-0.1, -0.05) is 11.6 Å². The van der Waals surface area contributed by atoms with Gasteiger partial charge in [0.05, 0.1) is 16.2 Å². The largest absolute Gasteiger partial charge is 0.508 e. The van der Waals surface area contributed by atoms with E-state index in [1.807, 2.05) is 6.07 Å². The van der Waals surface area contributed by atoms with Crippen molar-refractivity contribution in [3.05, 3.63) is 62.7 Å². The van der Waals surface area contributed by atoms with E-state index in [4.69, 9.17) is 16.9 Å². The summed E-state index contributed by atoms with van der Waals surface area (Å²) in [5, 5.41) is 32.8. The smallest absolute Gasteiger partial charge is 0.270 e. The van der Waals surface area contributed by atoms with Crippen LogP contribution in [0.5, 0.6) is 5.75 Å². The monoisotopic (exact) mass is 303 g/mol. The highest BCUT2D eigenvalue weighted by molar-refractivity contribution is 6.30. The number of benzene rings is 2. The second-order valence-corrected chi connectivity index (χ2v) is 4.66. The average molecular weight is 304 g/mol.